The maximum Gasteiger partial charge on any atom is 0.229 e. The second-order valence-corrected chi connectivity index (χ2v) is 6.18. The number of carbonyl (C=O) groups excluding carboxylic acids is 1. The van der Waals surface area contributed by atoms with Crippen molar-refractivity contribution in [2.45, 2.75) is 6.92 Å². The monoisotopic (exact) mass is 371 g/mol. The summed E-state index contributed by atoms with van der Waals surface area (Å²) in [5, 5.41) is 13.0. The summed E-state index contributed by atoms with van der Waals surface area (Å²) in [6, 6.07) is 18.2. The van der Waals surface area contributed by atoms with Gasteiger partial charge in [0.05, 0.1) is 0 Å². The summed E-state index contributed by atoms with van der Waals surface area (Å²) in [6.07, 6.45) is 3.32. The third-order valence-electron chi connectivity index (χ3n) is 4.20. The van der Waals surface area contributed by atoms with Gasteiger partial charge in [0.1, 0.15) is 11.4 Å². The highest BCUT2D eigenvalue weighted by Crippen LogP contribution is 2.39. The van der Waals surface area contributed by atoms with Crippen LogP contribution < -0.4 is 5.32 Å². The average molecular weight is 371 g/mol. The quantitative estimate of drug-likeness (QED) is 0.541. The number of hydrogen-bond acceptors (Lipinski definition) is 5. The van der Waals surface area contributed by atoms with Crippen LogP contribution in [0, 0.1) is 0 Å². The Hall–Kier alpha value is -3.93. The Labute approximate surface area is 161 Å². The van der Waals surface area contributed by atoms with Crippen LogP contribution >= 0.6 is 0 Å². The zero-order valence-corrected chi connectivity index (χ0v) is 15.1. The fourth-order valence-corrected chi connectivity index (χ4v) is 2.98. The SMILES string of the molecule is CC(=O)Nc1oc(-c2ccccc2-c2ccccc2O)nc1-c1cccnc1. The van der Waals surface area contributed by atoms with Crippen LogP contribution in [0.2, 0.25) is 0 Å². The number of pyridine rings is 1. The summed E-state index contributed by atoms with van der Waals surface area (Å²) in [5.41, 5.74) is 3.35. The van der Waals surface area contributed by atoms with E-state index in [0.29, 0.717) is 22.7 Å². The number of carbonyl (C=O) groups is 1. The van der Waals surface area contributed by atoms with Crippen LogP contribution in [-0.4, -0.2) is 21.0 Å². The Morgan fingerprint density at radius 1 is 0.964 bits per heavy atom. The highest BCUT2D eigenvalue weighted by molar-refractivity contribution is 5.92. The first kappa shape index (κ1) is 17.5. The van der Waals surface area contributed by atoms with Crippen molar-refractivity contribution >= 4 is 11.8 Å². The number of benzene rings is 2. The summed E-state index contributed by atoms with van der Waals surface area (Å²) in [4.78, 5) is 20.4. The first-order valence-corrected chi connectivity index (χ1v) is 8.70. The van der Waals surface area contributed by atoms with E-state index in [9.17, 15) is 9.90 Å². The standard InChI is InChI=1S/C22H17N3O3/c1-14(26)24-22-20(15-7-6-12-23-13-15)25-21(28-22)18-10-3-2-8-16(18)17-9-4-5-11-19(17)27/h2-13,27H,1H3,(H,24,26). The van der Waals surface area contributed by atoms with E-state index in [1.807, 2.05) is 42.5 Å². The summed E-state index contributed by atoms with van der Waals surface area (Å²) in [7, 11) is 0. The Balaban J connectivity index is 1.89. The molecule has 4 rings (SSSR count). The molecule has 0 radical (unpaired) electrons. The molecule has 2 heterocycles. The topological polar surface area (TPSA) is 88.2 Å². The van der Waals surface area contributed by atoms with Crippen molar-refractivity contribution in [3.8, 4) is 39.6 Å². The maximum absolute atomic E-state index is 11.6. The number of oxazole rings is 1. The zero-order chi connectivity index (χ0) is 19.5. The molecule has 4 aromatic rings. The number of para-hydroxylation sites is 1. The molecule has 2 aromatic carbocycles. The highest BCUT2D eigenvalue weighted by Gasteiger charge is 2.20. The van der Waals surface area contributed by atoms with E-state index in [-0.39, 0.29) is 17.5 Å². The smallest absolute Gasteiger partial charge is 0.229 e. The third-order valence-corrected chi connectivity index (χ3v) is 4.20. The summed E-state index contributed by atoms with van der Waals surface area (Å²) < 4.78 is 5.92. The lowest BCUT2D eigenvalue weighted by Crippen LogP contribution is -2.05. The van der Waals surface area contributed by atoms with Crippen LogP contribution in [0.5, 0.6) is 5.75 Å². The molecule has 0 spiro atoms. The number of nitrogens with zero attached hydrogens (tertiary/aromatic N) is 2. The van der Waals surface area contributed by atoms with Gasteiger partial charge in [0.2, 0.25) is 17.7 Å². The van der Waals surface area contributed by atoms with Gasteiger partial charge in [-0.3, -0.25) is 15.1 Å². The van der Waals surface area contributed by atoms with Crippen LogP contribution in [0.3, 0.4) is 0 Å². The van der Waals surface area contributed by atoms with Crippen LogP contribution in [0.15, 0.2) is 77.5 Å². The van der Waals surface area contributed by atoms with Crippen molar-refractivity contribution < 1.29 is 14.3 Å². The fourth-order valence-electron chi connectivity index (χ4n) is 2.98. The van der Waals surface area contributed by atoms with E-state index in [2.05, 4.69) is 15.3 Å². The van der Waals surface area contributed by atoms with Gasteiger partial charge in [-0.05, 0) is 29.8 Å². The molecule has 2 aromatic heterocycles. The van der Waals surface area contributed by atoms with Crippen LogP contribution in [0.4, 0.5) is 5.88 Å². The van der Waals surface area contributed by atoms with Crippen molar-refractivity contribution in [1.29, 1.82) is 0 Å². The van der Waals surface area contributed by atoms with Crippen molar-refractivity contribution in [3.05, 3.63) is 73.1 Å². The van der Waals surface area contributed by atoms with Crippen LogP contribution in [0.1, 0.15) is 6.92 Å². The lowest BCUT2D eigenvalue weighted by Gasteiger charge is -2.08. The molecule has 2 N–H and O–H groups in total. The molecule has 28 heavy (non-hydrogen) atoms. The number of anilines is 1. The molecule has 6 nitrogen and oxygen atoms in total. The number of aromatic nitrogens is 2. The second-order valence-electron chi connectivity index (χ2n) is 6.18. The number of aromatic hydroxyl groups is 1. The molecule has 6 heteroatoms. The molecule has 0 fully saturated rings. The normalized spacial score (nSPS) is 10.6. The Morgan fingerprint density at radius 2 is 1.68 bits per heavy atom. The maximum atomic E-state index is 11.6. The predicted octanol–water partition coefficient (Wildman–Crippen LogP) is 4.73. The van der Waals surface area contributed by atoms with E-state index < -0.39 is 0 Å². The molecule has 0 saturated heterocycles. The number of phenols is 1. The van der Waals surface area contributed by atoms with Crippen molar-refractivity contribution in [1.82, 2.24) is 9.97 Å². The molecule has 0 aliphatic heterocycles. The van der Waals surface area contributed by atoms with Crippen molar-refractivity contribution in [3.63, 3.8) is 0 Å². The largest absolute Gasteiger partial charge is 0.507 e. The second kappa shape index (κ2) is 7.36. The predicted molar refractivity (Wildman–Crippen MR) is 107 cm³/mol. The molecular formula is C22H17N3O3. The van der Waals surface area contributed by atoms with Crippen LogP contribution in [0.25, 0.3) is 33.8 Å². The minimum absolute atomic E-state index is 0.163. The first-order valence-electron chi connectivity index (χ1n) is 8.70. The minimum atomic E-state index is -0.262. The van der Waals surface area contributed by atoms with Gasteiger partial charge < -0.3 is 9.52 Å². The van der Waals surface area contributed by atoms with Gasteiger partial charge in [-0.1, -0.05) is 36.4 Å². The minimum Gasteiger partial charge on any atom is -0.507 e. The van der Waals surface area contributed by atoms with E-state index in [1.54, 1.807) is 30.6 Å². The molecule has 0 unspecified atom stereocenters. The lowest BCUT2D eigenvalue weighted by molar-refractivity contribution is -0.114. The molecule has 0 atom stereocenters. The van der Waals surface area contributed by atoms with E-state index in [1.165, 1.54) is 6.92 Å². The van der Waals surface area contributed by atoms with Gasteiger partial charge in [0, 0.05) is 36.0 Å². The van der Waals surface area contributed by atoms with Gasteiger partial charge in [-0.15, -0.1) is 0 Å². The highest BCUT2D eigenvalue weighted by atomic mass is 16.4. The Bertz CT molecular complexity index is 1140. The zero-order valence-electron chi connectivity index (χ0n) is 15.1. The molecule has 138 valence electrons. The number of nitrogens with one attached hydrogen (secondary N) is 1. The van der Waals surface area contributed by atoms with E-state index in [0.717, 1.165) is 11.1 Å². The van der Waals surface area contributed by atoms with Gasteiger partial charge in [0.15, 0.2) is 0 Å². The molecule has 0 aliphatic carbocycles. The molecule has 1 amide bonds. The Kier molecular flexibility index (Phi) is 4.60. The van der Waals surface area contributed by atoms with Crippen LogP contribution in [-0.2, 0) is 4.79 Å². The molecule has 0 aliphatic rings. The summed E-state index contributed by atoms with van der Waals surface area (Å²) >= 11 is 0. The number of hydrogen-bond donors (Lipinski definition) is 2. The molecule has 0 saturated carbocycles. The number of phenolic OH excluding ortho intramolecular Hbond substituents is 1. The average Bonchev–Trinajstić information content (AvgIpc) is 3.12. The van der Waals surface area contributed by atoms with Gasteiger partial charge >= 0.3 is 0 Å². The van der Waals surface area contributed by atoms with Crippen molar-refractivity contribution in [2.75, 3.05) is 5.32 Å². The van der Waals surface area contributed by atoms with Gasteiger partial charge in [-0.25, -0.2) is 4.98 Å². The third kappa shape index (κ3) is 3.35. The van der Waals surface area contributed by atoms with E-state index >= 15 is 0 Å². The number of amides is 1. The van der Waals surface area contributed by atoms with Gasteiger partial charge in [-0.2, -0.15) is 0 Å². The number of rotatable bonds is 4. The van der Waals surface area contributed by atoms with Gasteiger partial charge in [0.25, 0.3) is 0 Å². The first-order chi connectivity index (χ1) is 13.6. The molecular weight excluding hydrogens is 354 g/mol. The Morgan fingerprint density at radius 3 is 2.36 bits per heavy atom. The fraction of sp³-hybridized carbons (Fsp3) is 0.0455. The molecule has 0 bridgehead atoms. The lowest BCUT2D eigenvalue weighted by atomic mass is 9.99. The van der Waals surface area contributed by atoms with Crippen molar-refractivity contribution in [2.24, 2.45) is 0 Å². The summed E-state index contributed by atoms with van der Waals surface area (Å²) in [5.74, 6) is 0.488. The summed E-state index contributed by atoms with van der Waals surface area (Å²) in [6.45, 7) is 1.41. The van der Waals surface area contributed by atoms with E-state index in [4.69, 9.17) is 4.42 Å².